The van der Waals surface area contributed by atoms with E-state index in [1.807, 2.05) is 6.07 Å². The van der Waals surface area contributed by atoms with Gasteiger partial charge in [0.2, 0.25) is 0 Å². The lowest BCUT2D eigenvalue weighted by Gasteiger charge is -2.05. The van der Waals surface area contributed by atoms with Crippen molar-refractivity contribution in [2.24, 2.45) is 0 Å². The Morgan fingerprint density at radius 2 is 2.38 bits per heavy atom. The minimum absolute atomic E-state index is 0.590. The molecule has 6 heteroatoms. The van der Waals surface area contributed by atoms with Crippen molar-refractivity contribution in [3.63, 3.8) is 0 Å². The average Bonchev–Trinajstić information content (AvgIpc) is 2.58. The molecule has 4 nitrogen and oxygen atoms in total. The Bertz CT molecular complexity index is 541. The Morgan fingerprint density at radius 1 is 1.62 bits per heavy atom. The zero-order valence-corrected chi connectivity index (χ0v) is 9.97. The lowest BCUT2D eigenvalue weighted by atomic mass is 10.3. The molecule has 1 atom stereocenters. The number of aromatic nitrogens is 1. The van der Waals surface area contributed by atoms with Gasteiger partial charge in [-0.15, -0.1) is 0 Å². The molecule has 84 valence electrons. The summed E-state index contributed by atoms with van der Waals surface area (Å²) < 4.78 is 0.976. The van der Waals surface area contributed by atoms with Gasteiger partial charge in [0.05, 0.1) is 10.2 Å². The fraction of sp³-hybridized carbons (Fsp3) is 0.200. The molecule has 0 aliphatic heterocycles. The molecule has 0 saturated carbocycles. The molecule has 2 rings (SSSR count). The highest BCUT2D eigenvalue weighted by Crippen LogP contribution is 2.28. The summed E-state index contributed by atoms with van der Waals surface area (Å²) in [5.74, 6) is -0.905. The Hall–Kier alpha value is -1.33. The number of benzene rings is 1. The van der Waals surface area contributed by atoms with Crippen LogP contribution in [0.15, 0.2) is 18.2 Å². The summed E-state index contributed by atoms with van der Waals surface area (Å²) in [5.41, 5.74) is 0.776. The predicted octanol–water partition coefficient (Wildman–Crippen LogP) is 2.83. The van der Waals surface area contributed by atoms with Crippen LogP contribution in [0.1, 0.15) is 6.92 Å². The van der Waals surface area contributed by atoms with Crippen molar-refractivity contribution in [2.75, 3.05) is 5.32 Å². The monoisotopic (exact) mass is 256 g/mol. The minimum Gasteiger partial charge on any atom is -0.480 e. The molecular weight excluding hydrogens is 248 g/mol. The molecule has 0 amide bonds. The first-order valence-electron chi connectivity index (χ1n) is 4.61. The van der Waals surface area contributed by atoms with E-state index in [0.29, 0.717) is 10.2 Å². The maximum Gasteiger partial charge on any atom is 0.325 e. The van der Waals surface area contributed by atoms with Crippen LogP contribution < -0.4 is 5.32 Å². The zero-order valence-electron chi connectivity index (χ0n) is 8.40. The zero-order chi connectivity index (χ0) is 11.7. The third-order valence-corrected chi connectivity index (χ3v) is 3.26. The highest BCUT2D eigenvalue weighted by atomic mass is 35.5. The van der Waals surface area contributed by atoms with Gasteiger partial charge in [-0.1, -0.05) is 22.9 Å². The van der Waals surface area contributed by atoms with Gasteiger partial charge < -0.3 is 10.4 Å². The van der Waals surface area contributed by atoms with Crippen LogP contribution >= 0.6 is 22.9 Å². The van der Waals surface area contributed by atoms with E-state index in [2.05, 4.69) is 10.3 Å². The molecule has 0 fully saturated rings. The van der Waals surface area contributed by atoms with E-state index in [1.54, 1.807) is 19.1 Å². The second kappa shape index (κ2) is 4.27. The quantitative estimate of drug-likeness (QED) is 0.887. The van der Waals surface area contributed by atoms with Gasteiger partial charge in [0.1, 0.15) is 6.04 Å². The van der Waals surface area contributed by atoms with E-state index in [4.69, 9.17) is 16.7 Å². The molecule has 0 spiro atoms. The summed E-state index contributed by atoms with van der Waals surface area (Å²) in [7, 11) is 0. The molecule has 16 heavy (non-hydrogen) atoms. The van der Waals surface area contributed by atoms with Gasteiger partial charge in [-0.25, -0.2) is 4.98 Å². The van der Waals surface area contributed by atoms with Gasteiger partial charge >= 0.3 is 5.97 Å². The third-order valence-electron chi connectivity index (χ3n) is 2.06. The van der Waals surface area contributed by atoms with Gasteiger partial charge in [-0.05, 0) is 25.1 Å². The molecule has 2 N–H and O–H groups in total. The molecule has 0 aliphatic rings. The van der Waals surface area contributed by atoms with Gasteiger partial charge in [-0.2, -0.15) is 0 Å². The molecular formula is C10H9ClN2O2S. The van der Waals surface area contributed by atoms with Gasteiger partial charge in [-0.3, -0.25) is 4.79 Å². The van der Waals surface area contributed by atoms with Crippen LogP contribution in [0, 0.1) is 0 Å². The summed E-state index contributed by atoms with van der Waals surface area (Å²) in [4.78, 5) is 14.9. The molecule has 1 aromatic heterocycles. The van der Waals surface area contributed by atoms with E-state index >= 15 is 0 Å². The van der Waals surface area contributed by atoms with Gasteiger partial charge in [0.25, 0.3) is 0 Å². The first-order chi connectivity index (χ1) is 7.56. The number of carboxylic acid groups (broad SMARTS) is 1. The summed E-state index contributed by atoms with van der Waals surface area (Å²) in [6.45, 7) is 1.57. The molecule has 1 heterocycles. The number of carbonyl (C=O) groups is 1. The molecule has 2 aromatic rings. The fourth-order valence-corrected chi connectivity index (χ4v) is 2.31. The van der Waals surface area contributed by atoms with Crippen molar-refractivity contribution >= 4 is 44.3 Å². The largest absolute Gasteiger partial charge is 0.480 e. The summed E-state index contributed by atoms with van der Waals surface area (Å²) >= 11 is 7.24. The average molecular weight is 257 g/mol. The van der Waals surface area contributed by atoms with E-state index < -0.39 is 12.0 Å². The number of hydrogen-bond acceptors (Lipinski definition) is 4. The highest BCUT2D eigenvalue weighted by Gasteiger charge is 2.12. The van der Waals surface area contributed by atoms with Crippen LogP contribution in [0.2, 0.25) is 5.02 Å². The Kier molecular flexibility index (Phi) is 2.98. The number of carboxylic acids is 1. The Morgan fingerprint density at radius 3 is 3.06 bits per heavy atom. The normalized spacial score (nSPS) is 12.6. The number of anilines is 1. The second-order valence-corrected chi connectivity index (χ2v) is 4.80. The van der Waals surface area contributed by atoms with Crippen molar-refractivity contribution in [3.05, 3.63) is 23.2 Å². The second-order valence-electron chi connectivity index (χ2n) is 3.34. The van der Waals surface area contributed by atoms with Gasteiger partial charge in [0, 0.05) is 5.02 Å². The van der Waals surface area contributed by atoms with E-state index in [-0.39, 0.29) is 0 Å². The number of thiazole rings is 1. The SMILES string of the molecule is C[C@@H](Nc1nc2cc(Cl)ccc2s1)C(=O)O. The maximum absolute atomic E-state index is 10.7. The lowest BCUT2D eigenvalue weighted by Crippen LogP contribution is -2.25. The van der Waals surface area contributed by atoms with Crippen molar-refractivity contribution in [3.8, 4) is 0 Å². The van der Waals surface area contributed by atoms with Crippen molar-refractivity contribution in [2.45, 2.75) is 13.0 Å². The topological polar surface area (TPSA) is 62.2 Å². The van der Waals surface area contributed by atoms with Gasteiger partial charge in [0.15, 0.2) is 5.13 Å². The van der Waals surface area contributed by atoms with Crippen molar-refractivity contribution < 1.29 is 9.90 Å². The number of nitrogens with zero attached hydrogens (tertiary/aromatic N) is 1. The molecule has 0 bridgehead atoms. The van der Waals surface area contributed by atoms with Crippen LogP contribution in [0.3, 0.4) is 0 Å². The third kappa shape index (κ3) is 2.25. The maximum atomic E-state index is 10.7. The number of aliphatic carboxylic acids is 1. The number of hydrogen-bond donors (Lipinski definition) is 2. The molecule has 0 saturated heterocycles. The highest BCUT2D eigenvalue weighted by molar-refractivity contribution is 7.22. The Labute approximate surface area is 101 Å². The number of halogens is 1. The van der Waals surface area contributed by atoms with Crippen LogP contribution in [0.25, 0.3) is 10.2 Å². The van der Waals surface area contributed by atoms with Crippen LogP contribution in [0.5, 0.6) is 0 Å². The summed E-state index contributed by atoms with van der Waals surface area (Å²) in [5, 5.41) is 12.8. The number of rotatable bonds is 3. The van der Waals surface area contributed by atoms with Crippen LogP contribution in [-0.2, 0) is 4.79 Å². The number of fused-ring (bicyclic) bond motifs is 1. The molecule has 0 aliphatic carbocycles. The van der Waals surface area contributed by atoms with Crippen molar-refractivity contribution in [1.82, 2.24) is 4.98 Å². The Balaban J connectivity index is 2.29. The number of nitrogens with one attached hydrogen (secondary N) is 1. The van der Waals surface area contributed by atoms with E-state index in [1.165, 1.54) is 11.3 Å². The summed E-state index contributed by atoms with van der Waals surface area (Å²) in [6, 6.07) is 4.75. The van der Waals surface area contributed by atoms with Crippen molar-refractivity contribution in [1.29, 1.82) is 0 Å². The van der Waals surface area contributed by atoms with Crippen LogP contribution in [0.4, 0.5) is 5.13 Å². The smallest absolute Gasteiger partial charge is 0.325 e. The predicted molar refractivity (Wildman–Crippen MR) is 65.4 cm³/mol. The van der Waals surface area contributed by atoms with Crippen LogP contribution in [-0.4, -0.2) is 22.1 Å². The first-order valence-corrected chi connectivity index (χ1v) is 5.81. The fourth-order valence-electron chi connectivity index (χ4n) is 1.21. The standard InChI is InChI=1S/C10H9ClN2O2S/c1-5(9(14)15)12-10-13-7-4-6(11)2-3-8(7)16-10/h2-5H,1H3,(H,12,13)(H,14,15)/t5-/m1/s1. The summed E-state index contributed by atoms with van der Waals surface area (Å²) in [6.07, 6.45) is 0. The molecule has 1 aromatic carbocycles. The molecule has 0 unspecified atom stereocenters. The first kappa shape index (κ1) is 11.2. The van der Waals surface area contributed by atoms with E-state index in [0.717, 1.165) is 10.2 Å². The minimum atomic E-state index is -0.905. The lowest BCUT2D eigenvalue weighted by molar-refractivity contribution is -0.137. The molecule has 0 radical (unpaired) electrons. The van der Waals surface area contributed by atoms with E-state index in [9.17, 15) is 4.79 Å².